The van der Waals surface area contributed by atoms with Crippen molar-refractivity contribution in [2.45, 2.75) is 50.9 Å². The predicted molar refractivity (Wildman–Crippen MR) is 228 cm³/mol. The van der Waals surface area contributed by atoms with E-state index in [2.05, 4.69) is 54.6 Å². The molecule has 364 valence electrons. The number of nitrogens with two attached hydrogens (primary N) is 2. The fourth-order valence-electron chi connectivity index (χ4n) is 6.07. The maximum absolute atomic E-state index is 12.8. The van der Waals surface area contributed by atoms with Gasteiger partial charge in [-0.1, -0.05) is 37.7 Å². The summed E-state index contributed by atoms with van der Waals surface area (Å²) in [5, 5.41) is 34.4. The molecule has 35 heteroatoms. The van der Waals surface area contributed by atoms with Crippen molar-refractivity contribution in [1.29, 1.82) is 0 Å². The number of amides is 2. The van der Waals surface area contributed by atoms with Crippen LogP contribution in [0.25, 0.3) is 28.0 Å². The molecule has 1 fully saturated rings. The van der Waals surface area contributed by atoms with E-state index in [1.807, 2.05) is 0 Å². The lowest BCUT2D eigenvalue weighted by molar-refractivity contribution is -0.137. The fourth-order valence-corrected chi connectivity index (χ4v) is 9.58. The van der Waals surface area contributed by atoms with Gasteiger partial charge in [0, 0.05) is 36.2 Å². The lowest BCUT2D eigenvalue weighted by Gasteiger charge is -2.30. The Morgan fingerprint density at radius 1 is 1.01 bits per heavy atom. The maximum atomic E-state index is 12.8. The molecular weight excluding hydrogens is 979 g/mol. The summed E-state index contributed by atoms with van der Waals surface area (Å²) in [6.45, 7) is 0.173. The Morgan fingerprint density at radius 3 is 2.48 bits per heavy atom. The first-order valence-electron chi connectivity index (χ1n) is 19.1. The van der Waals surface area contributed by atoms with E-state index in [1.165, 1.54) is 19.9 Å². The molecule has 0 aliphatic carbocycles. The molecule has 1 aliphatic rings. The van der Waals surface area contributed by atoms with Crippen LogP contribution >= 0.6 is 35.2 Å². The lowest BCUT2D eigenvalue weighted by Crippen LogP contribution is -2.46. The van der Waals surface area contributed by atoms with Crippen molar-refractivity contribution < 1.29 is 80.5 Å². The number of hydrogen-bond donors (Lipinski definition) is 11. The normalized spacial score (nSPS) is 20.1. The molecular formula is C32H42N13O18P3S. The van der Waals surface area contributed by atoms with Crippen LogP contribution in [0.1, 0.15) is 36.9 Å². The van der Waals surface area contributed by atoms with Crippen LogP contribution in [-0.4, -0.2) is 148 Å². The van der Waals surface area contributed by atoms with Gasteiger partial charge in [0.2, 0.25) is 28.5 Å². The van der Waals surface area contributed by atoms with Crippen molar-refractivity contribution in [3.63, 3.8) is 0 Å². The van der Waals surface area contributed by atoms with E-state index in [9.17, 15) is 62.7 Å². The van der Waals surface area contributed by atoms with Gasteiger partial charge in [0.25, 0.3) is 5.56 Å². The molecule has 0 radical (unpaired) electrons. The smallest absolute Gasteiger partial charge is 0.386 e. The Hall–Kier alpha value is -5.14. The largest absolute Gasteiger partial charge is 0.481 e. The zero-order valence-corrected chi connectivity index (χ0v) is 38.2. The average molecular weight is 1020 g/mol. The van der Waals surface area contributed by atoms with Gasteiger partial charge in [-0.05, 0) is 12.1 Å². The van der Waals surface area contributed by atoms with Crippen molar-refractivity contribution in [3.05, 3.63) is 52.8 Å². The number of aliphatic hydroxyl groups excluding tert-OH is 2. The third-order valence-corrected chi connectivity index (χ3v) is 13.3. The number of ether oxygens (including phenoxy) is 1. The minimum atomic E-state index is -5.61. The van der Waals surface area contributed by atoms with Gasteiger partial charge in [-0.25, -0.2) is 28.6 Å². The number of rotatable bonds is 21. The quantitative estimate of drug-likeness (QED) is 0.0291. The zero-order chi connectivity index (χ0) is 49.1. The Bertz CT molecular complexity index is 2860. The van der Waals surface area contributed by atoms with Gasteiger partial charge in [0.05, 0.1) is 25.2 Å². The molecule has 7 unspecified atom stereocenters. The zero-order valence-electron chi connectivity index (χ0n) is 34.7. The number of carbonyl (C=O) groups excluding carboxylic acids is 3. The topological polar surface area (TPSA) is 466 Å². The minimum absolute atomic E-state index is 0.0131. The van der Waals surface area contributed by atoms with E-state index in [1.54, 1.807) is 18.2 Å². The molecule has 0 spiro atoms. The number of hydrogen-bond acceptors (Lipinski definition) is 23. The number of phosphoric acid groups is 3. The van der Waals surface area contributed by atoms with Gasteiger partial charge in [-0.2, -0.15) is 9.29 Å². The number of fused-ring (bicyclic) bond motifs is 2. The van der Waals surface area contributed by atoms with Gasteiger partial charge >= 0.3 is 23.5 Å². The first-order chi connectivity index (χ1) is 31.3. The number of aromatic nitrogens is 9. The molecule has 5 aromatic rings. The number of aromatic amines is 1. The highest BCUT2D eigenvalue weighted by Crippen LogP contribution is 2.61. The van der Waals surface area contributed by atoms with Gasteiger partial charge in [-0.3, -0.25) is 42.3 Å². The number of thioether (sulfide) groups is 1. The summed E-state index contributed by atoms with van der Waals surface area (Å²) in [5.74, 6) is -1.57. The van der Waals surface area contributed by atoms with E-state index < -0.39 is 90.1 Å². The molecule has 5 heterocycles. The third kappa shape index (κ3) is 13.1. The number of carbonyl (C=O) groups is 3. The fraction of sp³-hybridized carbons (Fsp3) is 0.438. The average Bonchev–Trinajstić information content (AvgIpc) is 3.96. The summed E-state index contributed by atoms with van der Waals surface area (Å²) < 4.78 is 62.4. The Labute approximate surface area is 379 Å². The van der Waals surface area contributed by atoms with Crippen molar-refractivity contribution in [2.75, 3.05) is 43.5 Å². The monoisotopic (exact) mass is 1020 g/mol. The van der Waals surface area contributed by atoms with Crippen LogP contribution in [0.4, 0.5) is 11.8 Å². The van der Waals surface area contributed by atoms with Crippen LogP contribution in [0, 0.1) is 5.41 Å². The Morgan fingerprint density at radius 2 is 1.75 bits per heavy atom. The Kier molecular flexibility index (Phi) is 15.8. The first-order valence-corrected chi connectivity index (χ1v) is 24.6. The third-order valence-electron chi connectivity index (χ3n) is 9.33. The molecule has 31 nitrogen and oxygen atoms in total. The number of H-pyrrole nitrogens is 1. The van der Waals surface area contributed by atoms with E-state index in [-0.39, 0.29) is 70.0 Å². The molecule has 4 aromatic heterocycles. The SMILES string of the molecule is CC(C)(COP(=O)(O)OP(=O)(O)OCC1OC(n2cnc3c(N)ncnc32)C(O)C1OP(=O)(O)O)C(O)C(=O)NCCC(=O)NCCSC(=O)c1cccc(-n2nc3nc(N)[nH]c(=O)c3n2)c1. The molecule has 0 saturated carbocycles. The van der Waals surface area contributed by atoms with Crippen LogP contribution in [0.2, 0.25) is 0 Å². The summed E-state index contributed by atoms with van der Waals surface area (Å²) in [6.07, 6.45) is -7.15. The molecule has 0 bridgehead atoms. The molecule has 1 saturated heterocycles. The van der Waals surface area contributed by atoms with Crippen LogP contribution in [-0.2, 0) is 45.9 Å². The maximum Gasteiger partial charge on any atom is 0.481 e. The van der Waals surface area contributed by atoms with E-state index in [0.29, 0.717) is 5.69 Å². The van der Waals surface area contributed by atoms with Gasteiger partial charge in [-0.15, -0.1) is 15.0 Å². The number of nitrogens with zero attached hydrogens (tertiary/aromatic N) is 8. The molecule has 1 aromatic carbocycles. The first kappa shape index (κ1) is 51.3. The molecule has 13 N–H and O–H groups in total. The van der Waals surface area contributed by atoms with E-state index in [0.717, 1.165) is 33.8 Å². The number of nitrogens with one attached hydrogen (secondary N) is 3. The number of aliphatic hydroxyl groups is 2. The van der Waals surface area contributed by atoms with Gasteiger partial charge in [0.15, 0.2) is 23.2 Å². The van der Waals surface area contributed by atoms with Crippen molar-refractivity contribution in [2.24, 2.45) is 5.41 Å². The summed E-state index contributed by atoms with van der Waals surface area (Å²) in [7, 11) is -16.5. The summed E-state index contributed by atoms with van der Waals surface area (Å²) in [6, 6.07) is 6.25. The summed E-state index contributed by atoms with van der Waals surface area (Å²) >= 11 is 0.903. The minimum Gasteiger partial charge on any atom is -0.386 e. The van der Waals surface area contributed by atoms with Crippen LogP contribution in [0.15, 0.2) is 41.7 Å². The van der Waals surface area contributed by atoms with E-state index >= 15 is 0 Å². The van der Waals surface area contributed by atoms with Crippen molar-refractivity contribution >= 4 is 86.3 Å². The van der Waals surface area contributed by atoms with Crippen molar-refractivity contribution in [1.82, 2.24) is 55.1 Å². The highest BCUT2D eigenvalue weighted by Gasteiger charge is 2.50. The highest BCUT2D eigenvalue weighted by atomic mass is 32.2. The number of imidazole rings is 1. The van der Waals surface area contributed by atoms with Crippen LogP contribution in [0.3, 0.4) is 0 Å². The molecule has 6 rings (SSSR count). The summed E-state index contributed by atoms with van der Waals surface area (Å²) in [4.78, 5) is 109. The lowest BCUT2D eigenvalue weighted by atomic mass is 9.87. The Balaban J connectivity index is 0.912. The van der Waals surface area contributed by atoms with Crippen LogP contribution < -0.4 is 27.7 Å². The van der Waals surface area contributed by atoms with Crippen LogP contribution in [0.5, 0.6) is 0 Å². The summed E-state index contributed by atoms with van der Waals surface area (Å²) in [5.41, 5.74) is 9.78. The van der Waals surface area contributed by atoms with Crippen molar-refractivity contribution in [3.8, 4) is 5.69 Å². The molecule has 7 atom stereocenters. The number of nitrogen functional groups attached to an aromatic ring is 2. The second-order valence-electron chi connectivity index (χ2n) is 14.9. The second-order valence-corrected chi connectivity index (χ2v) is 20.2. The number of anilines is 2. The molecule has 1 aliphatic heterocycles. The number of benzene rings is 1. The predicted octanol–water partition coefficient (Wildman–Crippen LogP) is -1.62. The molecule has 2 amide bonds. The standard InChI is InChI=1S/C32H42N13O18P3S/c1-32(2,12-60-66(57,58)63-65(55,56)59-11-17-22(62-64(52,53)54)21(47)29(61-17)44-14-39-19-24(33)37-13-38-26(19)44)23(48)28(50)36-7-6-18(46)35-8-9-67-30(51)15-4-3-5-16(10-15)45-42-20-25(43-45)40-31(34)41-27(20)49/h3-5,10,13-14,17,21-23,29,47-48H,6-9,11-12H2,1-2H3,(H,35,46)(H,36,50)(H,55,56)(H,57,58)(H2,33,37,38)(H2,52,53,54)(H3,34,40,41,43,49). The van der Waals surface area contributed by atoms with Gasteiger partial charge in [0.1, 0.15) is 36.3 Å². The van der Waals surface area contributed by atoms with E-state index in [4.69, 9.17) is 25.3 Å². The number of phosphoric ester groups is 3. The highest BCUT2D eigenvalue weighted by molar-refractivity contribution is 8.14. The second kappa shape index (κ2) is 20.6. The molecule has 67 heavy (non-hydrogen) atoms. The van der Waals surface area contributed by atoms with Gasteiger partial charge < -0.3 is 56.6 Å².